The summed E-state index contributed by atoms with van der Waals surface area (Å²) < 4.78 is 0. The van der Waals surface area contributed by atoms with Crippen LogP contribution in [0.25, 0.3) is 0 Å². The average molecular weight is 367 g/mol. The van der Waals surface area contributed by atoms with E-state index in [0.29, 0.717) is 16.5 Å². The van der Waals surface area contributed by atoms with Crippen molar-refractivity contribution in [2.45, 2.75) is 38.1 Å². The number of nitrogens with zero attached hydrogens (tertiary/aromatic N) is 2. The van der Waals surface area contributed by atoms with Gasteiger partial charge in [0, 0.05) is 13.1 Å². The Morgan fingerprint density at radius 3 is 2.58 bits per heavy atom. The van der Waals surface area contributed by atoms with Crippen LogP contribution in [0.15, 0.2) is 30.4 Å². The number of carbonyl (C=O) groups is 1. The van der Waals surface area contributed by atoms with Gasteiger partial charge in [-0.05, 0) is 56.5 Å². The SMILES string of the molecule is C=C1CCCN(C(=O)Cc2ccc(Cl)c(Cl)c2)C1CN1CCCC1. The highest BCUT2D eigenvalue weighted by molar-refractivity contribution is 6.42. The van der Waals surface area contributed by atoms with Crippen molar-refractivity contribution in [3.63, 3.8) is 0 Å². The Morgan fingerprint density at radius 2 is 1.88 bits per heavy atom. The number of benzene rings is 1. The zero-order valence-electron chi connectivity index (χ0n) is 13.9. The first-order chi connectivity index (χ1) is 11.5. The van der Waals surface area contributed by atoms with Crippen LogP contribution in [-0.2, 0) is 11.2 Å². The van der Waals surface area contributed by atoms with Gasteiger partial charge in [-0.25, -0.2) is 0 Å². The van der Waals surface area contributed by atoms with Gasteiger partial charge in [-0.15, -0.1) is 0 Å². The summed E-state index contributed by atoms with van der Waals surface area (Å²) in [4.78, 5) is 17.4. The van der Waals surface area contributed by atoms with E-state index in [4.69, 9.17) is 23.2 Å². The Morgan fingerprint density at radius 1 is 1.12 bits per heavy atom. The molecule has 2 fully saturated rings. The second kappa shape index (κ2) is 7.90. The van der Waals surface area contributed by atoms with Gasteiger partial charge in [-0.1, -0.05) is 41.4 Å². The molecule has 0 saturated carbocycles. The molecule has 130 valence electrons. The third-order valence-corrected chi connectivity index (χ3v) is 5.77. The van der Waals surface area contributed by atoms with Gasteiger partial charge in [0.05, 0.1) is 22.5 Å². The fourth-order valence-corrected chi connectivity index (χ4v) is 4.00. The van der Waals surface area contributed by atoms with Crippen molar-refractivity contribution in [3.05, 3.63) is 46.0 Å². The second-order valence-electron chi connectivity index (χ2n) is 6.80. The molecule has 2 heterocycles. The maximum absolute atomic E-state index is 12.9. The first kappa shape index (κ1) is 17.8. The first-order valence-corrected chi connectivity index (χ1v) is 9.43. The molecule has 0 radical (unpaired) electrons. The van der Waals surface area contributed by atoms with Crippen molar-refractivity contribution in [1.82, 2.24) is 9.80 Å². The number of halogens is 2. The predicted octanol–water partition coefficient (Wildman–Crippen LogP) is 4.18. The third kappa shape index (κ3) is 4.14. The fraction of sp³-hybridized carbons (Fsp3) is 0.526. The Bertz CT molecular complexity index is 626. The molecule has 0 spiro atoms. The summed E-state index contributed by atoms with van der Waals surface area (Å²) >= 11 is 12.0. The number of likely N-dealkylation sites (tertiary alicyclic amines) is 2. The number of hydrogen-bond acceptors (Lipinski definition) is 2. The number of rotatable bonds is 4. The minimum absolute atomic E-state index is 0.145. The zero-order chi connectivity index (χ0) is 17.1. The van der Waals surface area contributed by atoms with E-state index in [-0.39, 0.29) is 11.9 Å². The lowest BCUT2D eigenvalue weighted by Crippen LogP contribution is -2.50. The van der Waals surface area contributed by atoms with E-state index in [1.807, 2.05) is 11.0 Å². The number of amides is 1. The molecule has 24 heavy (non-hydrogen) atoms. The van der Waals surface area contributed by atoms with Crippen molar-refractivity contribution in [3.8, 4) is 0 Å². The molecule has 1 atom stereocenters. The standard InChI is InChI=1S/C19H24Cl2N2O/c1-14-5-4-10-23(18(14)13-22-8-2-3-9-22)19(24)12-15-6-7-16(20)17(21)11-15/h6-7,11,18H,1-5,8-10,12-13H2. The molecule has 0 aliphatic carbocycles. The van der Waals surface area contributed by atoms with Crippen molar-refractivity contribution in [2.24, 2.45) is 0 Å². The lowest BCUT2D eigenvalue weighted by molar-refractivity contribution is -0.133. The molecule has 1 aromatic carbocycles. The van der Waals surface area contributed by atoms with E-state index in [2.05, 4.69) is 11.5 Å². The first-order valence-electron chi connectivity index (χ1n) is 8.68. The lowest BCUT2D eigenvalue weighted by Gasteiger charge is -2.39. The van der Waals surface area contributed by atoms with Gasteiger partial charge in [0.15, 0.2) is 0 Å². The molecule has 2 aliphatic rings. The lowest BCUT2D eigenvalue weighted by atomic mass is 9.95. The van der Waals surface area contributed by atoms with E-state index < -0.39 is 0 Å². The second-order valence-corrected chi connectivity index (χ2v) is 7.61. The minimum atomic E-state index is 0.145. The molecule has 1 aromatic rings. The molecule has 5 heteroatoms. The van der Waals surface area contributed by atoms with E-state index in [0.717, 1.165) is 44.6 Å². The molecule has 0 bridgehead atoms. The molecule has 1 unspecified atom stereocenters. The Hall–Kier alpha value is -1.03. The summed E-state index contributed by atoms with van der Waals surface area (Å²) in [6.07, 6.45) is 4.91. The fourth-order valence-electron chi connectivity index (χ4n) is 3.68. The van der Waals surface area contributed by atoms with E-state index in [1.165, 1.54) is 18.4 Å². The summed E-state index contributed by atoms with van der Waals surface area (Å²) in [7, 11) is 0. The highest BCUT2D eigenvalue weighted by Gasteiger charge is 2.31. The minimum Gasteiger partial charge on any atom is -0.334 e. The van der Waals surface area contributed by atoms with Crippen LogP contribution in [0.3, 0.4) is 0 Å². The maximum Gasteiger partial charge on any atom is 0.227 e. The van der Waals surface area contributed by atoms with Crippen molar-refractivity contribution < 1.29 is 4.79 Å². The van der Waals surface area contributed by atoms with Gasteiger partial charge in [0.2, 0.25) is 5.91 Å². The van der Waals surface area contributed by atoms with Crippen LogP contribution >= 0.6 is 23.2 Å². The summed E-state index contributed by atoms with van der Waals surface area (Å²) in [5, 5.41) is 1.02. The topological polar surface area (TPSA) is 23.6 Å². The maximum atomic E-state index is 12.9. The molecule has 0 N–H and O–H groups in total. The van der Waals surface area contributed by atoms with Gasteiger partial charge >= 0.3 is 0 Å². The van der Waals surface area contributed by atoms with Crippen LogP contribution in [0.1, 0.15) is 31.2 Å². The molecular weight excluding hydrogens is 343 g/mol. The molecule has 3 nitrogen and oxygen atoms in total. The summed E-state index contributed by atoms with van der Waals surface area (Å²) in [6, 6.07) is 5.56. The largest absolute Gasteiger partial charge is 0.334 e. The highest BCUT2D eigenvalue weighted by Crippen LogP contribution is 2.26. The number of carbonyl (C=O) groups excluding carboxylic acids is 1. The van der Waals surface area contributed by atoms with Crippen molar-refractivity contribution in [1.29, 1.82) is 0 Å². The highest BCUT2D eigenvalue weighted by atomic mass is 35.5. The van der Waals surface area contributed by atoms with Gasteiger partial charge in [0.1, 0.15) is 0 Å². The van der Waals surface area contributed by atoms with Crippen LogP contribution in [0.5, 0.6) is 0 Å². The quantitative estimate of drug-likeness (QED) is 0.746. The third-order valence-electron chi connectivity index (χ3n) is 5.03. The summed E-state index contributed by atoms with van der Waals surface area (Å²) in [5.41, 5.74) is 2.10. The molecule has 2 aliphatic heterocycles. The van der Waals surface area contributed by atoms with Crippen molar-refractivity contribution >= 4 is 29.1 Å². The normalized spacial score (nSPS) is 22.2. The molecule has 0 aromatic heterocycles. The van der Waals surface area contributed by atoms with E-state index in [9.17, 15) is 4.79 Å². The number of hydrogen-bond donors (Lipinski definition) is 0. The molecule has 2 saturated heterocycles. The number of piperidine rings is 1. The van der Waals surface area contributed by atoms with Crippen LogP contribution in [-0.4, -0.2) is 47.9 Å². The van der Waals surface area contributed by atoms with Crippen LogP contribution < -0.4 is 0 Å². The van der Waals surface area contributed by atoms with Crippen LogP contribution in [0.2, 0.25) is 10.0 Å². The van der Waals surface area contributed by atoms with Crippen LogP contribution in [0.4, 0.5) is 0 Å². The predicted molar refractivity (Wildman–Crippen MR) is 99.7 cm³/mol. The van der Waals surface area contributed by atoms with E-state index >= 15 is 0 Å². The Kier molecular flexibility index (Phi) is 5.85. The van der Waals surface area contributed by atoms with Gasteiger partial charge in [-0.2, -0.15) is 0 Å². The van der Waals surface area contributed by atoms with Gasteiger partial charge in [0.25, 0.3) is 0 Å². The van der Waals surface area contributed by atoms with Crippen molar-refractivity contribution in [2.75, 3.05) is 26.2 Å². The van der Waals surface area contributed by atoms with Gasteiger partial charge in [-0.3, -0.25) is 4.79 Å². The molecule has 3 rings (SSSR count). The monoisotopic (exact) mass is 366 g/mol. The summed E-state index contributed by atoms with van der Waals surface area (Å²) in [5.74, 6) is 0.151. The summed E-state index contributed by atoms with van der Waals surface area (Å²) in [6.45, 7) is 8.26. The Labute approximate surface area is 154 Å². The van der Waals surface area contributed by atoms with E-state index in [1.54, 1.807) is 12.1 Å². The molecule has 1 amide bonds. The van der Waals surface area contributed by atoms with Crippen LogP contribution in [0, 0.1) is 0 Å². The van der Waals surface area contributed by atoms with Gasteiger partial charge < -0.3 is 9.80 Å². The zero-order valence-corrected chi connectivity index (χ0v) is 15.5. The molecular formula is C19H24Cl2N2O. The smallest absolute Gasteiger partial charge is 0.227 e. The Balaban J connectivity index is 1.70. The average Bonchev–Trinajstić information content (AvgIpc) is 3.06.